The molecule has 0 saturated heterocycles. The number of hydrogen-bond donors (Lipinski definition) is 0. The molecular weight excluding hydrogens is 256 g/mol. The van der Waals surface area contributed by atoms with Gasteiger partial charge in [0.15, 0.2) is 0 Å². The van der Waals surface area contributed by atoms with E-state index in [4.69, 9.17) is 4.74 Å². The third-order valence-electron chi connectivity index (χ3n) is 4.72. The van der Waals surface area contributed by atoms with Gasteiger partial charge in [-0.05, 0) is 36.5 Å². The fraction of sp³-hybridized carbons (Fsp3) is 0.300. The molecule has 0 amide bonds. The third kappa shape index (κ3) is 2.27. The molecule has 1 unspecified atom stereocenters. The minimum Gasteiger partial charge on any atom is -0.492 e. The zero-order valence-electron chi connectivity index (χ0n) is 12.2. The molecule has 1 aliphatic heterocycles. The predicted octanol–water partition coefficient (Wildman–Crippen LogP) is 5.07. The largest absolute Gasteiger partial charge is 0.492 e. The Hall–Kier alpha value is -2.02. The molecule has 21 heavy (non-hydrogen) atoms. The molecule has 4 rings (SSSR count). The molecule has 0 N–H and O–H groups in total. The van der Waals surface area contributed by atoms with Crippen molar-refractivity contribution in [2.24, 2.45) is 5.92 Å². The van der Waals surface area contributed by atoms with Crippen molar-refractivity contribution >= 4 is 5.57 Å². The van der Waals surface area contributed by atoms with Crippen LogP contribution in [0.5, 0.6) is 5.75 Å². The molecule has 0 radical (unpaired) electrons. The van der Waals surface area contributed by atoms with Crippen LogP contribution in [0.4, 0.5) is 0 Å². The summed E-state index contributed by atoms with van der Waals surface area (Å²) in [6, 6.07) is 19.3. The maximum Gasteiger partial charge on any atom is 0.127 e. The Morgan fingerprint density at radius 2 is 1.67 bits per heavy atom. The van der Waals surface area contributed by atoms with Crippen LogP contribution in [-0.2, 0) is 0 Å². The first-order chi connectivity index (χ1) is 10.4. The van der Waals surface area contributed by atoms with Gasteiger partial charge in [-0.15, -0.1) is 0 Å². The van der Waals surface area contributed by atoms with Gasteiger partial charge in [0, 0.05) is 11.5 Å². The summed E-state index contributed by atoms with van der Waals surface area (Å²) in [6.07, 6.45) is 5.12. The number of fused-ring (bicyclic) bond motifs is 2. The molecule has 2 aromatic carbocycles. The van der Waals surface area contributed by atoms with Gasteiger partial charge in [0.2, 0.25) is 0 Å². The Morgan fingerprint density at radius 1 is 0.857 bits per heavy atom. The standard InChI is InChI=1S/C20H20O/c1-2-8-15(9-3-1)20-17-11-5-4-10-16(17)14-21-19-13-7-6-12-18(19)20/h1-3,6-9,12-13,16H,4-5,10-11,14H2. The maximum atomic E-state index is 6.13. The molecule has 0 spiro atoms. The number of ether oxygens (including phenoxy) is 1. The molecule has 0 aromatic heterocycles. The van der Waals surface area contributed by atoms with E-state index in [9.17, 15) is 0 Å². The Labute approximate surface area is 126 Å². The van der Waals surface area contributed by atoms with E-state index in [0.29, 0.717) is 5.92 Å². The minimum absolute atomic E-state index is 0.585. The van der Waals surface area contributed by atoms with Gasteiger partial charge in [-0.3, -0.25) is 0 Å². The summed E-state index contributed by atoms with van der Waals surface area (Å²) in [4.78, 5) is 0. The van der Waals surface area contributed by atoms with Gasteiger partial charge in [-0.1, -0.05) is 60.5 Å². The quantitative estimate of drug-likeness (QED) is 0.706. The summed E-state index contributed by atoms with van der Waals surface area (Å²) in [6.45, 7) is 0.836. The van der Waals surface area contributed by atoms with Gasteiger partial charge < -0.3 is 4.74 Å². The average molecular weight is 276 g/mol. The smallest absolute Gasteiger partial charge is 0.127 e. The Bertz CT molecular complexity index is 669. The highest BCUT2D eigenvalue weighted by Crippen LogP contribution is 2.43. The van der Waals surface area contributed by atoms with E-state index in [1.165, 1.54) is 42.4 Å². The average Bonchev–Trinajstić information content (AvgIpc) is 2.72. The van der Waals surface area contributed by atoms with E-state index < -0.39 is 0 Å². The summed E-state index contributed by atoms with van der Waals surface area (Å²) in [5, 5.41) is 0. The van der Waals surface area contributed by atoms with Gasteiger partial charge in [0.1, 0.15) is 5.75 Å². The lowest BCUT2D eigenvalue weighted by Crippen LogP contribution is -2.17. The Kier molecular flexibility index (Phi) is 3.27. The zero-order chi connectivity index (χ0) is 14.1. The van der Waals surface area contributed by atoms with Crippen LogP contribution < -0.4 is 4.74 Å². The molecule has 1 saturated carbocycles. The predicted molar refractivity (Wildman–Crippen MR) is 86.4 cm³/mol. The first kappa shape index (κ1) is 12.7. The Morgan fingerprint density at radius 3 is 2.57 bits per heavy atom. The first-order valence-electron chi connectivity index (χ1n) is 7.94. The molecule has 1 aliphatic carbocycles. The molecule has 1 heterocycles. The first-order valence-corrected chi connectivity index (χ1v) is 7.94. The van der Waals surface area contributed by atoms with E-state index in [2.05, 4.69) is 54.6 Å². The van der Waals surface area contributed by atoms with E-state index in [0.717, 1.165) is 12.4 Å². The van der Waals surface area contributed by atoms with Crippen molar-refractivity contribution in [3.63, 3.8) is 0 Å². The summed E-state index contributed by atoms with van der Waals surface area (Å²) in [5.74, 6) is 1.62. The van der Waals surface area contributed by atoms with Crippen LogP contribution in [0.15, 0.2) is 60.2 Å². The fourth-order valence-electron chi connectivity index (χ4n) is 3.71. The molecule has 2 aliphatic rings. The van der Waals surface area contributed by atoms with E-state index in [1.54, 1.807) is 5.57 Å². The van der Waals surface area contributed by atoms with E-state index in [1.807, 2.05) is 0 Å². The van der Waals surface area contributed by atoms with Crippen LogP contribution in [0.1, 0.15) is 36.8 Å². The van der Waals surface area contributed by atoms with Crippen molar-refractivity contribution in [3.8, 4) is 5.75 Å². The third-order valence-corrected chi connectivity index (χ3v) is 4.72. The van der Waals surface area contributed by atoms with Crippen molar-refractivity contribution in [3.05, 3.63) is 71.3 Å². The molecule has 0 bridgehead atoms. The van der Waals surface area contributed by atoms with Crippen molar-refractivity contribution in [2.45, 2.75) is 25.7 Å². The van der Waals surface area contributed by atoms with Crippen LogP contribution in [0.3, 0.4) is 0 Å². The molecular formula is C20H20O. The van der Waals surface area contributed by atoms with Crippen LogP contribution in [-0.4, -0.2) is 6.61 Å². The van der Waals surface area contributed by atoms with Gasteiger partial charge in [-0.2, -0.15) is 0 Å². The topological polar surface area (TPSA) is 9.23 Å². The van der Waals surface area contributed by atoms with Crippen LogP contribution in [0.2, 0.25) is 0 Å². The lowest BCUT2D eigenvalue weighted by Gasteiger charge is -2.26. The van der Waals surface area contributed by atoms with Crippen molar-refractivity contribution in [1.29, 1.82) is 0 Å². The van der Waals surface area contributed by atoms with Gasteiger partial charge in [-0.25, -0.2) is 0 Å². The van der Waals surface area contributed by atoms with Crippen LogP contribution in [0.25, 0.3) is 5.57 Å². The van der Waals surface area contributed by atoms with E-state index >= 15 is 0 Å². The summed E-state index contributed by atoms with van der Waals surface area (Å²) >= 11 is 0. The summed E-state index contributed by atoms with van der Waals surface area (Å²) in [5.41, 5.74) is 5.63. The number of rotatable bonds is 1. The summed E-state index contributed by atoms with van der Waals surface area (Å²) < 4.78 is 6.13. The van der Waals surface area contributed by atoms with Gasteiger partial charge >= 0.3 is 0 Å². The molecule has 106 valence electrons. The van der Waals surface area contributed by atoms with Crippen LogP contribution >= 0.6 is 0 Å². The van der Waals surface area contributed by atoms with Gasteiger partial charge in [0.25, 0.3) is 0 Å². The normalized spacial score (nSPS) is 21.0. The minimum atomic E-state index is 0.585. The highest BCUT2D eigenvalue weighted by atomic mass is 16.5. The molecule has 1 atom stereocenters. The highest BCUT2D eigenvalue weighted by molar-refractivity contribution is 5.85. The number of para-hydroxylation sites is 1. The number of hydrogen-bond acceptors (Lipinski definition) is 1. The van der Waals surface area contributed by atoms with Crippen molar-refractivity contribution in [1.82, 2.24) is 0 Å². The SMILES string of the molecule is c1ccc(C2=C3CCCCC3COc3ccccc32)cc1. The van der Waals surface area contributed by atoms with Crippen molar-refractivity contribution < 1.29 is 4.74 Å². The second-order valence-electron chi connectivity index (χ2n) is 6.02. The molecule has 1 heteroatoms. The fourth-order valence-corrected chi connectivity index (χ4v) is 3.71. The van der Waals surface area contributed by atoms with Crippen LogP contribution in [0, 0.1) is 5.92 Å². The maximum absolute atomic E-state index is 6.13. The number of benzene rings is 2. The molecule has 1 nitrogen and oxygen atoms in total. The highest BCUT2D eigenvalue weighted by Gasteiger charge is 2.28. The lowest BCUT2D eigenvalue weighted by atomic mass is 9.79. The molecule has 1 fully saturated rings. The van der Waals surface area contributed by atoms with E-state index in [-0.39, 0.29) is 0 Å². The van der Waals surface area contributed by atoms with Gasteiger partial charge in [0.05, 0.1) is 6.61 Å². The molecule has 2 aromatic rings. The zero-order valence-corrected chi connectivity index (χ0v) is 12.2. The lowest BCUT2D eigenvalue weighted by molar-refractivity contribution is 0.250. The second kappa shape index (κ2) is 5.40. The van der Waals surface area contributed by atoms with Crippen molar-refractivity contribution in [2.75, 3.05) is 6.61 Å². The Balaban J connectivity index is 1.96. The second-order valence-corrected chi connectivity index (χ2v) is 6.02. The summed E-state index contributed by atoms with van der Waals surface area (Å²) in [7, 11) is 0. The monoisotopic (exact) mass is 276 g/mol.